The smallest absolute Gasteiger partial charge is 0.335 e. The monoisotopic (exact) mass is 283 g/mol. The normalized spacial score (nSPS) is 10.6. The zero-order valence-electron chi connectivity index (χ0n) is 9.03. The highest BCUT2D eigenvalue weighted by atomic mass is 79.9. The molecule has 0 saturated carbocycles. The molecule has 3 nitrogen and oxygen atoms in total. The standard InChI is InChI=1S/C12H14BrNO2/c1-2-3-4-5-14-11-7-9(12(15)16)6-10(13)8-11/h2-3,6-8,14H,4-5H2,1H3,(H,15,16)/b3-2+. The van der Waals surface area contributed by atoms with Crippen LogP contribution in [0.3, 0.4) is 0 Å². The van der Waals surface area contributed by atoms with Gasteiger partial charge < -0.3 is 10.4 Å². The molecule has 1 aromatic rings. The fourth-order valence-electron chi connectivity index (χ4n) is 1.28. The number of rotatable bonds is 5. The zero-order valence-corrected chi connectivity index (χ0v) is 10.6. The van der Waals surface area contributed by atoms with E-state index >= 15 is 0 Å². The van der Waals surface area contributed by atoms with Gasteiger partial charge in [-0.2, -0.15) is 0 Å². The summed E-state index contributed by atoms with van der Waals surface area (Å²) in [4.78, 5) is 10.8. The first-order valence-corrected chi connectivity index (χ1v) is 5.81. The SMILES string of the molecule is C/C=C/CCNc1cc(Br)cc(C(=O)O)c1. The third-order valence-corrected chi connectivity index (χ3v) is 2.48. The average molecular weight is 284 g/mol. The molecule has 0 heterocycles. The van der Waals surface area contributed by atoms with Crippen molar-refractivity contribution in [2.24, 2.45) is 0 Å². The van der Waals surface area contributed by atoms with E-state index in [4.69, 9.17) is 5.11 Å². The topological polar surface area (TPSA) is 49.3 Å². The largest absolute Gasteiger partial charge is 0.478 e. The van der Waals surface area contributed by atoms with Gasteiger partial charge in [-0.1, -0.05) is 28.1 Å². The maximum absolute atomic E-state index is 10.8. The van der Waals surface area contributed by atoms with Crippen LogP contribution in [0.2, 0.25) is 0 Å². The van der Waals surface area contributed by atoms with Gasteiger partial charge in [0, 0.05) is 16.7 Å². The summed E-state index contributed by atoms with van der Waals surface area (Å²) in [5.74, 6) is -0.919. The molecule has 0 fully saturated rings. The highest BCUT2D eigenvalue weighted by molar-refractivity contribution is 9.10. The number of hydrogen-bond donors (Lipinski definition) is 2. The summed E-state index contributed by atoms with van der Waals surface area (Å²) in [5, 5.41) is 12.1. The van der Waals surface area contributed by atoms with Crippen molar-refractivity contribution in [3.63, 3.8) is 0 Å². The number of allylic oxidation sites excluding steroid dienone is 1. The minimum atomic E-state index is -0.919. The Bertz CT molecular complexity index is 402. The average Bonchev–Trinajstić information content (AvgIpc) is 2.23. The molecule has 0 aliphatic heterocycles. The summed E-state index contributed by atoms with van der Waals surface area (Å²) in [5.41, 5.74) is 1.10. The van der Waals surface area contributed by atoms with Crippen molar-refractivity contribution in [3.05, 3.63) is 40.4 Å². The number of carbonyl (C=O) groups is 1. The van der Waals surface area contributed by atoms with Gasteiger partial charge in [0.25, 0.3) is 0 Å². The van der Waals surface area contributed by atoms with E-state index in [2.05, 4.69) is 27.3 Å². The molecule has 0 atom stereocenters. The van der Waals surface area contributed by atoms with Crippen LogP contribution in [0.25, 0.3) is 0 Å². The van der Waals surface area contributed by atoms with Crippen LogP contribution < -0.4 is 5.32 Å². The molecular weight excluding hydrogens is 270 g/mol. The molecule has 0 radical (unpaired) electrons. The highest BCUT2D eigenvalue weighted by Crippen LogP contribution is 2.19. The predicted molar refractivity (Wildman–Crippen MR) is 69.0 cm³/mol. The van der Waals surface area contributed by atoms with E-state index in [9.17, 15) is 4.79 Å². The first-order chi connectivity index (χ1) is 7.63. The van der Waals surface area contributed by atoms with Gasteiger partial charge in [0.15, 0.2) is 0 Å². The zero-order chi connectivity index (χ0) is 12.0. The van der Waals surface area contributed by atoms with Gasteiger partial charge >= 0.3 is 5.97 Å². The number of halogens is 1. The molecule has 86 valence electrons. The molecule has 16 heavy (non-hydrogen) atoms. The second kappa shape index (κ2) is 6.33. The summed E-state index contributed by atoms with van der Waals surface area (Å²) >= 11 is 3.29. The Morgan fingerprint density at radius 1 is 1.50 bits per heavy atom. The molecule has 4 heteroatoms. The quantitative estimate of drug-likeness (QED) is 0.642. The van der Waals surface area contributed by atoms with Gasteiger partial charge in [0.1, 0.15) is 0 Å². The van der Waals surface area contributed by atoms with E-state index in [1.165, 1.54) is 0 Å². The molecule has 0 unspecified atom stereocenters. The van der Waals surface area contributed by atoms with Gasteiger partial charge in [-0.3, -0.25) is 0 Å². The van der Waals surface area contributed by atoms with Gasteiger partial charge in [0.05, 0.1) is 5.56 Å². The first kappa shape index (κ1) is 12.8. The molecule has 0 bridgehead atoms. The Morgan fingerprint density at radius 3 is 2.88 bits per heavy atom. The van der Waals surface area contributed by atoms with Crippen LogP contribution in [-0.2, 0) is 0 Å². The lowest BCUT2D eigenvalue weighted by molar-refractivity contribution is 0.0697. The van der Waals surface area contributed by atoms with Crippen molar-refractivity contribution in [3.8, 4) is 0 Å². The van der Waals surface area contributed by atoms with E-state index in [1.54, 1.807) is 12.1 Å². The Hall–Kier alpha value is -1.29. The number of nitrogens with one attached hydrogen (secondary N) is 1. The first-order valence-electron chi connectivity index (χ1n) is 5.02. The van der Waals surface area contributed by atoms with E-state index in [0.717, 1.165) is 23.1 Å². The van der Waals surface area contributed by atoms with Crippen molar-refractivity contribution in [2.75, 3.05) is 11.9 Å². The predicted octanol–water partition coefficient (Wildman–Crippen LogP) is 3.53. The van der Waals surface area contributed by atoms with Gasteiger partial charge in [0.2, 0.25) is 0 Å². The van der Waals surface area contributed by atoms with Crippen LogP contribution >= 0.6 is 15.9 Å². The second-order valence-corrected chi connectivity index (χ2v) is 4.23. The third kappa shape index (κ3) is 4.06. The van der Waals surface area contributed by atoms with Crippen LogP contribution in [0, 0.1) is 0 Å². The van der Waals surface area contributed by atoms with Crippen LogP contribution in [0.15, 0.2) is 34.8 Å². The minimum absolute atomic E-state index is 0.280. The van der Waals surface area contributed by atoms with Crippen LogP contribution in [0.1, 0.15) is 23.7 Å². The second-order valence-electron chi connectivity index (χ2n) is 3.32. The van der Waals surface area contributed by atoms with E-state index in [0.29, 0.717) is 0 Å². The van der Waals surface area contributed by atoms with Crippen LogP contribution in [0.5, 0.6) is 0 Å². The van der Waals surface area contributed by atoms with Crippen LogP contribution in [-0.4, -0.2) is 17.6 Å². The summed E-state index contributed by atoms with van der Waals surface area (Å²) < 4.78 is 0.765. The molecule has 0 saturated heterocycles. The third-order valence-electron chi connectivity index (χ3n) is 2.02. The molecule has 1 rings (SSSR count). The van der Waals surface area contributed by atoms with Crippen LogP contribution in [0.4, 0.5) is 5.69 Å². The molecular formula is C12H14BrNO2. The van der Waals surface area contributed by atoms with E-state index < -0.39 is 5.97 Å². The lowest BCUT2D eigenvalue weighted by Gasteiger charge is -2.06. The minimum Gasteiger partial charge on any atom is -0.478 e. The van der Waals surface area contributed by atoms with Crippen molar-refractivity contribution < 1.29 is 9.90 Å². The maximum atomic E-state index is 10.8. The summed E-state index contributed by atoms with van der Waals surface area (Å²) in [6.45, 7) is 2.77. The number of aromatic carboxylic acids is 1. The fraction of sp³-hybridized carbons (Fsp3) is 0.250. The number of carboxylic acid groups (broad SMARTS) is 1. The highest BCUT2D eigenvalue weighted by Gasteiger charge is 2.05. The Morgan fingerprint density at radius 2 is 2.25 bits per heavy atom. The van der Waals surface area contributed by atoms with Gasteiger partial charge in [-0.15, -0.1) is 0 Å². The Labute approximate surface area is 103 Å². The number of hydrogen-bond acceptors (Lipinski definition) is 2. The molecule has 1 aromatic carbocycles. The van der Waals surface area contributed by atoms with E-state index in [-0.39, 0.29) is 5.56 Å². The molecule has 0 aromatic heterocycles. The summed E-state index contributed by atoms with van der Waals surface area (Å²) in [7, 11) is 0. The lowest BCUT2D eigenvalue weighted by Crippen LogP contribution is -2.03. The van der Waals surface area contributed by atoms with Crippen molar-refractivity contribution in [1.29, 1.82) is 0 Å². The number of carboxylic acids is 1. The Kier molecular flexibility index (Phi) is 5.05. The molecule has 0 amide bonds. The molecule has 0 aliphatic rings. The van der Waals surface area contributed by atoms with Crippen molar-refractivity contribution in [1.82, 2.24) is 0 Å². The molecule has 2 N–H and O–H groups in total. The van der Waals surface area contributed by atoms with Crippen molar-refractivity contribution >= 4 is 27.6 Å². The maximum Gasteiger partial charge on any atom is 0.335 e. The lowest BCUT2D eigenvalue weighted by atomic mass is 10.2. The van der Waals surface area contributed by atoms with Gasteiger partial charge in [-0.25, -0.2) is 4.79 Å². The van der Waals surface area contributed by atoms with Gasteiger partial charge in [-0.05, 0) is 31.5 Å². The molecule has 0 aliphatic carbocycles. The summed E-state index contributed by atoms with van der Waals surface area (Å²) in [6.07, 6.45) is 4.97. The van der Waals surface area contributed by atoms with Crippen molar-refractivity contribution in [2.45, 2.75) is 13.3 Å². The summed E-state index contributed by atoms with van der Waals surface area (Å²) in [6, 6.07) is 5.07. The Balaban J connectivity index is 2.69. The molecule has 0 spiro atoms. The number of benzene rings is 1. The fourth-order valence-corrected chi connectivity index (χ4v) is 1.77. The number of anilines is 1. The van der Waals surface area contributed by atoms with E-state index in [1.807, 2.05) is 19.1 Å².